The fourth-order valence-electron chi connectivity index (χ4n) is 3.62. The molecule has 0 aromatic heterocycles. The molecule has 0 aliphatic carbocycles. The lowest BCUT2D eigenvalue weighted by molar-refractivity contribution is -0.135. The molecule has 2 aliphatic rings. The number of unbranched alkanes of at least 4 members (excludes halogenated alkanes) is 7. The van der Waals surface area contributed by atoms with Gasteiger partial charge in [0.2, 0.25) is 5.91 Å². The van der Waals surface area contributed by atoms with E-state index in [1.54, 1.807) is 0 Å². The molecule has 2 fully saturated rings. The van der Waals surface area contributed by atoms with Crippen LogP contribution in [0.1, 0.15) is 84.0 Å². The zero-order chi connectivity index (χ0) is 18.5. The molecule has 0 bridgehead atoms. The minimum absolute atomic E-state index is 0.312. The Bertz CT molecular complexity index is 404. The number of morpholine rings is 1. The molecule has 0 aromatic rings. The second-order valence-corrected chi connectivity index (χ2v) is 7.72. The van der Waals surface area contributed by atoms with E-state index in [-0.39, 0.29) is 0 Å². The van der Waals surface area contributed by atoms with Gasteiger partial charge in [-0.15, -0.1) is 0 Å². The van der Waals surface area contributed by atoms with Crippen molar-refractivity contribution in [1.29, 1.82) is 0 Å². The second-order valence-electron chi connectivity index (χ2n) is 7.72. The summed E-state index contributed by atoms with van der Waals surface area (Å²) >= 11 is 0. The fraction of sp³-hybridized carbons (Fsp3) is 0.864. The predicted octanol–water partition coefficient (Wildman–Crippen LogP) is 4.87. The van der Waals surface area contributed by atoms with E-state index in [2.05, 4.69) is 19.1 Å². The maximum atomic E-state index is 12.0. The number of hydrogen-bond acceptors (Lipinski definition) is 3. The van der Waals surface area contributed by atoms with Gasteiger partial charge < -0.3 is 14.4 Å². The van der Waals surface area contributed by atoms with Crippen molar-refractivity contribution in [3.8, 4) is 0 Å². The molecule has 2 atom stereocenters. The van der Waals surface area contributed by atoms with Crippen molar-refractivity contribution < 1.29 is 14.3 Å². The Hall–Kier alpha value is -0.870. The number of ether oxygens (including phenoxy) is 2. The lowest BCUT2D eigenvalue weighted by atomic mass is 10.1. The number of rotatable bonds is 14. The van der Waals surface area contributed by atoms with Crippen LogP contribution in [-0.2, 0) is 14.3 Å². The van der Waals surface area contributed by atoms with Crippen LogP contribution < -0.4 is 0 Å². The van der Waals surface area contributed by atoms with Crippen LogP contribution in [0.4, 0.5) is 0 Å². The summed E-state index contributed by atoms with van der Waals surface area (Å²) in [6.45, 7) is 5.20. The van der Waals surface area contributed by atoms with Gasteiger partial charge in [0.25, 0.3) is 0 Å². The first-order chi connectivity index (χ1) is 12.8. The van der Waals surface area contributed by atoms with Crippen molar-refractivity contribution in [2.45, 2.75) is 96.2 Å². The average molecular weight is 366 g/mol. The highest BCUT2D eigenvalue weighted by Gasteiger charge is 2.36. The Morgan fingerprint density at radius 2 is 1.73 bits per heavy atom. The minimum Gasteiger partial charge on any atom is -0.378 e. The standard InChI is InChI=1S/C22H39NO3/c1-2-3-10-13-20-21(26-20)14-11-8-6-4-5-7-9-12-15-22(24)23-16-18-25-19-17-23/h8,11,20-21H,2-7,9-10,12-19H2,1H3/b11-8-/t20-,21+/m0/s1. The maximum absolute atomic E-state index is 12.0. The summed E-state index contributed by atoms with van der Waals surface area (Å²) in [5.41, 5.74) is 0. The lowest BCUT2D eigenvalue weighted by Crippen LogP contribution is -2.40. The molecule has 0 spiro atoms. The summed E-state index contributed by atoms with van der Waals surface area (Å²) in [7, 11) is 0. The van der Waals surface area contributed by atoms with E-state index in [4.69, 9.17) is 9.47 Å². The van der Waals surface area contributed by atoms with Crippen molar-refractivity contribution in [2.75, 3.05) is 26.3 Å². The fourth-order valence-corrected chi connectivity index (χ4v) is 3.62. The van der Waals surface area contributed by atoms with Crippen LogP contribution >= 0.6 is 0 Å². The Labute approximate surface area is 160 Å². The normalized spacial score (nSPS) is 22.9. The molecule has 0 saturated carbocycles. The number of hydrogen-bond donors (Lipinski definition) is 0. The Morgan fingerprint density at radius 3 is 2.54 bits per heavy atom. The number of allylic oxidation sites excluding steroid dienone is 1. The number of carbonyl (C=O) groups excluding carboxylic acids is 1. The van der Waals surface area contributed by atoms with Gasteiger partial charge in [-0.2, -0.15) is 0 Å². The van der Waals surface area contributed by atoms with Crippen LogP contribution in [0.5, 0.6) is 0 Å². The summed E-state index contributed by atoms with van der Waals surface area (Å²) < 4.78 is 11.0. The van der Waals surface area contributed by atoms with Crippen LogP contribution in [0.3, 0.4) is 0 Å². The first kappa shape index (κ1) is 21.4. The zero-order valence-corrected chi connectivity index (χ0v) is 16.8. The first-order valence-electron chi connectivity index (χ1n) is 11.0. The minimum atomic E-state index is 0.312. The molecular weight excluding hydrogens is 326 g/mol. The van der Waals surface area contributed by atoms with E-state index in [0.717, 1.165) is 25.9 Å². The lowest BCUT2D eigenvalue weighted by Gasteiger charge is -2.26. The molecule has 2 saturated heterocycles. The van der Waals surface area contributed by atoms with Crippen molar-refractivity contribution >= 4 is 5.91 Å². The molecule has 2 heterocycles. The molecule has 1 amide bonds. The molecule has 26 heavy (non-hydrogen) atoms. The van der Waals surface area contributed by atoms with Gasteiger partial charge in [0.15, 0.2) is 0 Å². The van der Waals surface area contributed by atoms with Gasteiger partial charge >= 0.3 is 0 Å². The van der Waals surface area contributed by atoms with Gasteiger partial charge in [-0.25, -0.2) is 0 Å². The van der Waals surface area contributed by atoms with Crippen molar-refractivity contribution in [3.05, 3.63) is 12.2 Å². The molecular formula is C22H39NO3. The SMILES string of the molecule is CCCCC[C@@H]1O[C@@H]1C/C=C\CCCCCCCC(=O)N1CCOCC1. The van der Waals surface area contributed by atoms with Gasteiger partial charge in [-0.1, -0.05) is 57.6 Å². The van der Waals surface area contributed by atoms with Crippen LogP contribution in [0.15, 0.2) is 12.2 Å². The van der Waals surface area contributed by atoms with Gasteiger partial charge in [0.1, 0.15) is 0 Å². The third-order valence-electron chi connectivity index (χ3n) is 5.44. The summed E-state index contributed by atoms with van der Waals surface area (Å²) in [6, 6.07) is 0. The highest BCUT2D eigenvalue weighted by Crippen LogP contribution is 2.30. The van der Waals surface area contributed by atoms with Gasteiger partial charge in [0, 0.05) is 19.5 Å². The van der Waals surface area contributed by atoms with E-state index in [1.807, 2.05) is 4.90 Å². The number of nitrogens with zero attached hydrogens (tertiary/aromatic N) is 1. The smallest absolute Gasteiger partial charge is 0.222 e. The largest absolute Gasteiger partial charge is 0.378 e. The summed E-state index contributed by atoms with van der Waals surface area (Å²) in [4.78, 5) is 14.0. The third kappa shape index (κ3) is 9.18. The number of amides is 1. The van der Waals surface area contributed by atoms with Gasteiger partial charge in [0.05, 0.1) is 25.4 Å². The third-order valence-corrected chi connectivity index (χ3v) is 5.44. The molecule has 2 aliphatic heterocycles. The Morgan fingerprint density at radius 1 is 0.962 bits per heavy atom. The Kier molecular flexibility index (Phi) is 11.0. The Balaban J connectivity index is 1.33. The topological polar surface area (TPSA) is 42.1 Å². The first-order valence-corrected chi connectivity index (χ1v) is 11.0. The van der Waals surface area contributed by atoms with Crippen LogP contribution in [0.2, 0.25) is 0 Å². The van der Waals surface area contributed by atoms with E-state index in [9.17, 15) is 4.79 Å². The van der Waals surface area contributed by atoms with E-state index in [1.165, 1.54) is 57.8 Å². The van der Waals surface area contributed by atoms with E-state index in [0.29, 0.717) is 37.7 Å². The molecule has 0 N–H and O–H groups in total. The monoisotopic (exact) mass is 365 g/mol. The van der Waals surface area contributed by atoms with Gasteiger partial charge in [-0.05, 0) is 32.1 Å². The molecule has 0 aromatic carbocycles. The maximum Gasteiger partial charge on any atom is 0.222 e. The number of epoxide rings is 1. The van der Waals surface area contributed by atoms with Crippen molar-refractivity contribution in [1.82, 2.24) is 4.90 Å². The van der Waals surface area contributed by atoms with E-state index < -0.39 is 0 Å². The quantitative estimate of drug-likeness (QED) is 0.250. The summed E-state index contributed by atoms with van der Waals surface area (Å²) in [5.74, 6) is 0.312. The molecule has 0 radical (unpaired) electrons. The van der Waals surface area contributed by atoms with Crippen LogP contribution in [0, 0.1) is 0 Å². The van der Waals surface area contributed by atoms with Crippen molar-refractivity contribution in [3.63, 3.8) is 0 Å². The molecule has 4 nitrogen and oxygen atoms in total. The van der Waals surface area contributed by atoms with Gasteiger partial charge in [-0.3, -0.25) is 4.79 Å². The molecule has 150 valence electrons. The average Bonchev–Trinajstić information content (AvgIpc) is 3.42. The summed E-state index contributed by atoms with van der Waals surface area (Å²) in [6.07, 6.45) is 19.9. The van der Waals surface area contributed by atoms with Crippen LogP contribution in [-0.4, -0.2) is 49.3 Å². The molecule has 4 heteroatoms. The zero-order valence-electron chi connectivity index (χ0n) is 16.8. The molecule has 2 rings (SSSR count). The molecule has 0 unspecified atom stereocenters. The van der Waals surface area contributed by atoms with E-state index >= 15 is 0 Å². The highest BCUT2D eigenvalue weighted by molar-refractivity contribution is 5.76. The predicted molar refractivity (Wildman–Crippen MR) is 106 cm³/mol. The summed E-state index contributed by atoms with van der Waals surface area (Å²) in [5, 5.41) is 0. The van der Waals surface area contributed by atoms with Crippen LogP contribution in [0.25, 0.3) is 0 Å². The number of carbonyl (C=O) groups is 1. The second kappa shape index (κ2) is 13.3. The van der Waals surface area contributed by atoms with Crippen molar-refractivity contribution in [2.24, 2.45) is 0 Å². The highest BCUT2D eigenvalue weighted by atomic mass is 16.6.